The first-order valence-electron chi connectivity index (χ1n) is 12.1. The van der Waals surface area contributed by atoms with Crippen LogP contribution >= 0.6 is 11.3 Å². The van der Waals surface area contributed by atoms with E-state index < -0.39 is 5.54 Å². The molecular formula is C24H36N4O3S. The molecule has 0 spiro atoms. The number of piperidine rings is 1. The third kappa shape index (κ3) is 4.57. The summed E-state index contributed by atoms with van der Waals surface area (Å²) in [6.45, 7) is 4.95. The minimum absolute atomic E-state index is 0.0478. The van der Waals surface area contributed by atoms with Crippen molar-refractivity contribution >= 4 is 29.2 Å². The predicted octanol–water partition coefficient (Wildman–Crippen LogP) is 3.10. The quantitative estimate of drug-likeness (QED) is 0.605. The molecule has 0 radical (unpaired) electrons. The topological polar surface area (TPSA) is 73.0 Å². The van der Waals surface area contributed by atoms with E-state index >= 15 is 0 Å². The van der Waals surface area contributed by atoms with Crippen molar-refractivity contribution < 1.29 is 14.4 Å². The summed E-state index contributed by atoms with van der Waals surface area (Å²) in [5.74, 6) is 0.178. The van der Waals surface area contributed by atoms with Crippen LogP contribution in [0.5, 0.6) is 0 Å². The number of urea groups is 1. The van der Waals surface area contributed by atoms with Crippen LogP contribution in [0, 0.1) is 5.92 Å². The van der Waals surface area contributed by atoms with Gasteiger partial charge in [-0.05, 0) is 69.5 Å². The highest BCUT2D eigenvalue weighted by Crippen LogP contribution is 2.37. The number of hydrogen-bond donors (Lipinski definition) is 1. The number of carbonyl (C=O) groups is 3. The standard InChI is InChI=1S/C24H36N4O3S/c1-3-11-24(18-8-13-27(14-9-18)21(29)17-20-7-5-16-32-20)22(30)28(23(31)25-24)15-10-19-6-4-12-26(19)2/h5,7,16,18-19H,3-4,6,8-15,17H2,1-2H3,(H,25,31)/t19-,24+/m1/s1. The molecule has 4 rings (SSSR count). The summed E-state index contributed by atoms with van der Waals surface area (Å²) in [4.78, 5) is 46.0. The molecule has 176 valence electrons. The number of hydrogen-bond acceptors (Lipinski definition) is 5. The van der Waals surface area contributed by atoms with Crippen LogP contribution < -0.4 is 5.32 Å². The Bertz CT molecular complexity index is 821. The van der Waals surface area contributed by atoms with Gasteiger partial charge in [-0.1, -0.05) is 19.4 Å². The van der Waals surface area contributed by atoms with E-state index in [1.54, 1.807) is 11.3 Å². The monoisotopic (exact) mass is 460 g/mol. The molecule has 7 nitrogen and oxygen atoms in total. The van der Waals surface area contributed by atoms with Gasteiger partial charge in [0.05, 0.1) is 6.42 Å². The highest BCUT2D eigenvalue weighted by atomic mass is 32.1. The van der Waals surface area contributed by atoms with Crippen LogP contribution in [0.2, 0.25) is 0 Å². The van der Waals surface area contributed by atoms with Crippen LogP contribution in [0.3, 0.4) is 0 Å². The van der Waals surface area contributed by atoms with Crippen molar-refractivity contribution in [1.29, 1.82) is 0 Å². The molecule has 3 aliphatic rings. The van der Waals surface area contributed by atoms with Crippen molar-refractivity contribution in [3.8, 4) is 0 Å². The summed E-state index contributed by atoms with van der Waals surface area (Å²) in [6, 6.07) is 4.18. The summed E-state index contributed by atoms with van der Waals surface area (Å²) in [5.41, 5.74) is -0.809. The smallest absolute Gasteiger partial charge is 0.325 e. The van der Waals surface area contributed by atoms with Gasteiger partial charge >= 0.3 is 6.03 Å². The van der Waals surface area contributed by atoms with E-state index in [-0.39, 0.29) is 23.8 Å². The number of likely N-dealkylation sites (tertiary alicyclic amines) is 2. The summed E-state index contributed by atoms with van der Waals surface area (Å²) in [5, 5.41) is 5.12. The van der Waals surface area contributed by atoms with Gasteiger partial charge in [-0.15, -0.1) is 11.3 Å². The first-order chi connectivity index (χ1) is 15.4. The number of nitrogens with one attached hydrogen (secondary N) is 1. The molecule has 0 aromatic carbocycles. The number of nitrogens with zero attached hydrogens (tertiary/aromatic N) is 3. The maximum atomic E-state index is 13.6. The average Bonchev–Trinajstić information content (AvgIpc) is 3.49. The van der Waals surface area contributed by atoms with Crippen LogP contribution in [0.4, 0.5) is 4.79 Å². The lowest BCUT2D eigenvalue weighted by Crippen LogP contribution is -2.56. The lowest BCUT2D eigenvalue weighted by molar-refractivity contribution is -0.136. The maximum absolute atomic E-state index is 13.6. The molecule has 0 aliphatic carbocycles. The van der Waals surface area contributed by atoms with E-state index in [1.807, 2.05) is 22.4 Å². The van der Waals surface area contributed by atoms with Gasteiger partial charge in [0.25, 0.3) is 5.91 Å². The Morgan fingerprint density at radius 3 is 2.62 bits per heavy atom. The number of rotatable bonds is 8. The SMILES string of the molecule is CCC[C@@]1(C2CCN(C(=O)Cc3cccs3)CC2)NC(=O)N(CC[C@H]2CCCN2C)C1=O. The second-order valence-electron chi connectivity index (χ2n) is 9.58. The summed E-state index contributed by atoms with van der Waals surface area (Å²) in [7, 11) is 2.12. The largest absolute Gasteiger partial charge is 0.342 e. The molecule has 3 fully saturated rings. The minimum atomic E-state index is -0.809. The Kier molecular flexibility index (Phi) is 7.20. The van der Waals surface area contributed by atoms with E-state index in [1.165, 1.54) is 11.3 Å². The lowest BCUT2D eigenvalue weighted by atomic mass is 9.74. The van der Waals surface area contributed by atoms with Crippen LogP contribution in [0.1, 0.15) is 56.7 Å². The van der Waals surface area contributed by atoms with Gasteiger partial charge in [0.1, 0.15) is 5.54 Å². The molecule has 0 bridgehead atoms. The summed E-state index contributed by atoms with van der Waals surface area (Å²) >= 11 is 1.61. The first kappa shape index (κ1) is 23.2. The van der Waals surface area contributed by atoms with Gasteiger partial charge in [-0.2, -0.15) is 0 Å². The Labute approximate surface area is 195 Å². The van der Waals surface area contributed by atoms with Gasteiger partial charge in [0.2, 0.25) is 5.91 Å². The average molecular weight is 461 g/mol. The molecule has 0 saturated carbocycles. The number of amides is 4. The van der Waals surface area contributed by atoms with Gasteiger partial charge in [-0.3, -0.25) is 14.5 Å². The zero-order chi connectivity index (χ0) is 22.7. The van der Waals surface area contributed by atoms with Gasteiger partial charge in [0.15, 0.2) is 0 Å². The Hall–Kier alpha value is -1.93. The number of carbonyl (C=O) groups excluding carboxylic acids is 3. The van der Waals surface area contributed by atoms with Gasteiger partial charge in [-0.25, -0.2) is 4.79 Å². The Morgan fingerprint density at radius 2 is 2.00 bits per heavy atom. The van der Waals surface area contributed by atoms with Gasteiger partial charge < -0.3 is 15.1 Å². The molecule has 2 atom stereocenters. The van der Waals surface area contributed by atoms with Crippen molar-refractivity contribution in [1.82, 2.24) is 20.0 Å². The molecule has 1 aromatic rings. The molecule has 8 heteroatoms. The highest BCUT2D eigenvalue weighted by molar-refractivity contribution is 7.10. The van der Waals surface area contributed by atoms with E-state index in [0.717, 1.165) is 43.5 Å². The van der Waals surface area contributed by atoms with E-state index in [4.69, 9.17) is 0 Å². The molecule has 4 amide bonds. The predicted molar refractivity (Wildman–Crippen MR) is 125 cm³/mol. The fourth-order valence-corrected chi connectivity index (χ4v) is 6.51. The van der Waals surface area contributed by atoms with E-state index in [9.17, 15) is 14.4 Å². The molecule has 1 N–H and O–H groups in total. The summed E-state index contributed by atoms with van der Waals surface area (Å²) in [6.07, 6.45) is 6.61. The fraction of sp³-hybridized carbons (Fsp3) is 0.708. The highest BCUT2D eigenvalue weighted by Gasteiger charge is 2.55. The molecule has 3 aliphatic heterocycles. The third-order valence-corrected chi connectivity index (χ3v) is 8.53. The normalized spacial score (nSPS) is 27.4. The Balaban J connectivity index is 1.38. The van der Waals surface area contributed by atoms with E-state index in [2.05, 4.69) is 24.2 Å². The molecule has 4 heterocycles. The molecule has 1 aromatic heterocycles. The molecule has 0 unspecified atom stereocenters. The fourth-order valence-electron chi connectivity index (χ4n) is 5.81. The van der Waals surface area contributed by atoms with Crippen molar-refractivity contribution in [2.45, 2.75) is 69.9 Å². The van der Waals surface area contributed by atoms with E-state index in [0.29, 0.717) is 38.5 Å². The second-order valence-corrected chi connectivity index (χ2v) is 10.6. The third-order valence-electron chi connectivity index (χ3n) is 7.65. The van der Waals surface area contributed by atoms with Crippen LogP contribution in [-0.2, 0) is 16.0 Å². The van der Waals surface area contributed by atoms with Crippen LogP contribution in [0.15, 0.2) is 17.5 Å². The molecule has 3 saturated heterocycles. The number of imide groups is 1. The van der Waals surface area contributed by atoms with Crippen LogP contribution in [-0.4, -0.2) is 77.4 Å². The van der Waals surface area contributed by atoms with Crippen molar-refractivity contribution in [2.24, 2.45) is 5.92 Å². The van der Waals surface area contributed by atoms with Gasteiger partial charge in [0, 0.05) is 30.6 Å². The molecular weight excluding hydrogens is 424 g/mol. The molecule has 32 heavy (non-hydrogen) atoms. The van der Waals surface area contributed by atoms with Crippen molar-refractivity contribution in [3.05, 3.63) is 22.4 Å². The zero-order valence-electron chi connectivity index (χ0n) is 19.3. The zero-order valence-corrected chi connectivity index (χ0v) is 20.2. The maximum Gasteiger partial charge on any atom is 0.325 e. The summed E-state index contributed by atoms with van der Waals surface area (Å²) < 4.78 is 0. The second kappa shape index (κ2) is 9.91. The van der Waals surface area contributed by atoms with Crippen LogP contribution in [0.25, 0.3) is 0 Å². The minimum Gasteiger partial charge on any atom is -0.342 e. The Morgan fingerprint density at radius 1 is 1.22 bits per heavy atom. The lowest BCUT2D eigenvalue weighted by Gasteiger charge is -2.41. The van der Waals surface area contributed by atoms with Crippen molar-refractivity contribution in [2.75, 3.05) is 33.2 Å². The number of thiophene rings is 1. The van der Waals surface area contributed by atoms with Crippen molar-refractivity contribution in [3.63, 3.8) is 0 Å². The first-order valence-corrected chi connectivity index (χ1v) is 13.0.